The molecule has 0 unspecified atom stereocenters. The molecule has 0 saturated heterocycles. The van der Waals surface area contributed by atoms with E-state index in [-0.39, 0.29) is 0 Å². The molecule has 18 heavy (non-hydrogen) atoms. The van der Waals surface area contributed by atoms with Crippen LogP contribution in [0.4, 0.5) is 5.69 Å². The molecule has 0 fully saturated rings. The number of anilines is 1. The molecule has 0 N–H and O–H groups in total. The van der Waals surface area contributed by atoms with Crippen molar-refractivity contribution in [1.29, 1.82) is 5.26 Å². The summed E-state index contributed by atoms with van der Waals surface area (Å²) in [6.45, 7) is 0.610. The summed E-state index contributed by atoms with van der Waals surface area (Å²) in [5, 5.41) is 17.0. The molecular weight excluding hydrogens is 248 g/mol. The van der Waals surface area contributed by atoms with Crippen molar-refractivity contribution in [3.8, 4) is 6.07 Å². The van der Waals surface area contributed by atoms with Crippen LogP contribution in [0.2, 0.25) is 5.15 Å². The summed E-state index contributed by atoms with van der Waals surface area (Å²) in [5.74, 6) is 0. The fourth-order valence-electron chi connectivity index (χ4n) is 1.58. The fourth-order valence-corrected chi connectivity index (χ4v) is 1.68. The van der Waals surface area contributed by atoms with Gasteiger partial charge in [-0.25, -0.2) is 0 Å². The van der Waals surface area contributed by atoms with Gasteiger partial charge in [-0.2, -0.15) is 10.4 Å². The van der Waals surface area contributed by atoms with Gasteiger partial charge in [0.2, 0.25) is 0 Å². The number of hydrogen-bond acceptors (Lipinski definition) is 4. The van der Waals surface area contributed by atoms with Crippen LogP contribution in [0.3, 0.4) is 0 Å². The molecule has 0 aliphatic heterocycles. The summed E-state index contributed by atoms with van der Waals surface area (Å²) in [6, 6.07) is 13.1. The first-order valence-electron chi connectivity index (χ1n) is 5.38. The molecule has 0 radical (unpaired) electrons. The van der Waals surface area contributed by atoms with Crippen LogP contribution >= 0.6 is 11.6 Å². The van der Waals surface area contributed by atoms with E-state index in [2.05, 4.69) is 16.3 Å². The lowest BCUT2D eigenvalue weighted by Gasteiger charge is -2.18. The smallest absolute Gasteiger partial charge is 0.151 e. The Labute approximate surface area is 110 Å². The van der Waals surface area contributed by atoms with Crippen LogP contribution in [-0.4, -0.2) is 17.2 Å². The van der Waals surface area contributed by atoms with Crippen molar-refractivity contribution in [2.24, 2.45) is 0 Å². The summed E-state index contributed by atoms with van der Waals surface area (Å²) in [4.78, 5) is 2.00. The largest absolute Gasteiger partial charge is 0.369 e. The predicted molar refractivity (Wildman–Crippen MR) is 70.3 cm³/mol. The Morgan fingerprint density at radius 3 is 2.78 bits per heavy atom. The Bertz CT molecular complexity index is 574. The molecule has 0 amide bonds. The molecule has 0 bridgehead atoms. The van der Waals surface area contributed by atoms with Crippen molar-refractivity contribution in [1.82, 2.24) is 10.2 Å². The average Bonchev–Trinajstić information content (AvgIpc) is 2.41. The molecule has 2 aromatic rings. The van der Waals surface area contributed by atoms with Crippen molar-refractivity contribution in [2.75, 3.05) is 11.9 Å². The third-order valence-corrected chi connectivity index (χ3v) is 2.70. The standard InChI is InChI=1S/C13H11ClN4/c1-18(9-11-5-6-13(14)17-16-11)12-4-2-3-10(7-12)8-15/h2-7H,9H2,1H3. The first-order valence-corrected chi connectivity index (χ1v) is 5.76. The topological polar surface area (TPSA) is 52.8 Å². The number of nitrogens with zero attached hydrogens (tertiary/aromatic N) is 4. The van der Waals surface area contributed by atoms with Gasteiger partial charge in [0, 0.05) is 12.7 Å². The van der Waals surface area contributed by atoms with E-state index in [9.17, 15) is 0 Å². The first kappa shape index (κ1) is 12.3. The molecule has 0 spiro atoms. The minimum atomic E-state index is 0.382. The Morgan fingerprint density at radius 1 is 1.28 bits per heavy atom. The Hall–Kier alpha value is -2.12. The van der Waals surface area contributed by atoms with Gasteiger partial charge in [-0.1, -0.05) is 17.7 Å². The number of rotatable bonds is 3. The number of aromatic nitrogens is 2. The molecule has 1 heterocycles. The lowest BCUT2D eigenvalue weighted by molar-refractivity contribution is 0.841. The van der Waals surface area contributed by atoms with E-state index in [4.69, 9.17) is 16.9 Å². The van der Waals surface area contributed by atoms with E-state index in [1.807, 2.05) is 36.2 Å². The molecule has 4 nitrogen and oxygen atoms in total. The van der Waals surface area contributed by atoms with Gasteiger partial charge in [0.1, 0.15) is 0 Å². The minimum Gasteiger partial charge on any atom is -0.369 e. The SMILES string of the molecule is CN(Cc1ccc(Cl)nn1)c1cccc(C#N)c1. The summed E-state index contributed by atoms with van der Waals surface area (Å²) in [7, 11) is 1.94. The normalized spacial score (nSPS) is 9.83. The van der Waals surface area contributed by atoms with Gasteiger partial charge in [0.05, 0.1) is 23.9 Å². The first-order chi connectivity index (χ1) is 8.69. The average molecular weight is 259 g/mol. The molecule has 0 aliphatic rings. The Kier molecular flexibility index (Phi) is 3.75. The maximum atomic E-state index is 8.86. The highest BCUT2D eigenvalue weighted by molar-refractivity contribution is 6.29. The molecular formula is C13H11ClN4. The van der Waals surface area contributed by atoms with Crippen LogP contribution in [0.25, 0.3) is 0 Å². The van der Waals surface area contributed by atoms with Gasteiger partial charge in [0.25, 0.3) is 0 Å². The number of halogens is 1. The van der Waals surface area contributed by atoms with Gasteiger partial charge >= 0.3 is 0 Å². The van der Waals surface area contributed by atoms with Gasteiger partial charge in [0.15, 0.2) is 5.15 Å². The third kappa shape index (κ3) is 2.96. The van der Waals surface area contributed by atoms with Crippen LogP contribution < -0.4 is 4.90 Å². The summed E-state index contributed by atoms with van der Waals surface area (Å²) < 4.78 is 0. The van der Waals surface area contributed by atoms with Crippen LogP contribution in [0, 0.1) is 11.3 Å². The molecule has 5 heteroatoms. The van der Waals surface area contributed by atoms with E-state index >= 15 is 0 Å². The van der Waals surface area contributed by atoms with Gasteiger partial charge in [-0.05, 0) is 30.3 Å². The van der Waals surface area contributed by atoms with E-state index < -0.39 is 0 Å². The number of benzene rings is 1. The van der Waals surface area contributed by atoms with Crippen LogP contribution in [0.15, 0.2) is 36.4 Å². The van der Waals surface area contributed by atoms with Crippen molar-refractivity contribution in [2.45, 2.75) is 6.54 Å². The third-order valence-electron chi connectivity index (χ3n) is 2.50. The van der Waals surface area contributed by atoms with E-state index in [0.717, 1.165) is 11.4 Å². The minimum absolute atomic E-state index is 0.382. The second-order valence-electron chi connectivity index (χ2n) is 3.87. The van der Waals surface area contributed by atoms with E-state index in [1.54, 1.807) is 12.1 Å². The fraction of sp³-hybridized carbons (Fsp3) is 0.154. The highest BCUT2D eigenvalue weighted by Gasteiger charge is 2.04. The van der Waals surface area contributed by atoms with Gasteiger partial charge < -0.3 is 4.90 Å². The van der Waals surface area contributed by atoms with Crippen molar-refractivity contribution in [3.63, 3.8) is 0 Å². The molecule has 1 aromatic carbocycles. The van der Waals surface area contributed by atoms with Gasteiger partial charge in [-0.15, -0.1) is 5.10 Å². The van der Waals surface area contributed by atoms with E-state index in [1.165, 1.54) is 0 Å². The zero-order chi connectivity index (χ0) is 13.0. The monoisotopic (exact) mass is 258 g/mol. The van der Waals surface area contributed by atoms with E-state index in [0.29, 0.717) is 17.3 Å². The van der Waals surface area contributed by atoms with Crippen molar-refractivity contribution >= 4 is 17.3 Å². The van der Waals surface area contributed by atoms with Crippen molar-refractivity contribution in [3.05, 3.63) is 52.8 Å². The van der Waals surface area contributed by atoms with Crippen molar-refractivity contribution < 1.29 is 0 Å². The molecule has 0 aliphatic carbocycles. The van der Waals surface area contributed by atoms with Crippen LogP contribution in [-0.2, 0) is 6.54 Å². The predicted octanol–water partition coefficient (Wildman–Crippen LogP) is 2.64. The van der Waals surface area contributed by atoms with Gasteiger partial charge in [-0.3, -0.25) is 0 Å². The number of nitriles is 1. The highest BCUT2D eigenvalue weighted by Crippen LogP contribution is 2.16. The lowest BCUT2D eigenvalue weighted by Crippen LogP contribution is -2.17. The molecule has 0 atom stereocenters. The summed E-state index contributed by atoms with van der Waals surface area (Å²) >= 11 is 5.68. The maximum Gasteiger partial charge on any atom is 0.151 e. The highest BCUT2D eigenvalue weighted by atomic mass is 35.5. The molecule has 1 aromatic heterocycles. The Balaban J connectivity index is 2.14. The summed E-state index contributed by atoms with van der Waals surface area (Å²) in [5.41, 5.74) is 2.43. The number of hydrogen-bond donors (Lipinski definition) is 0. The second kappa shape index (κ2) is 5.48. The Morgan fingerprint density at radius 2 is 2.11 bits per heavy atom. The lowest BCUT2D eigenvalue weighted by atomic mass is 10.2. The zero-order valence-corrected chi connectivity index (χ0v) is 10.6. The summed E-state index contributed by atoms with van der Waals surface area (Å²) in [6.07, 6.45) is 0. The van der Waals surface area contributed by atoms with Crippen LogP contribution in [0.5, 0.6) is 0 Å². The zero-order valence-electron chi connectivity index (χ0n) is 9.84. The molecule has 2 rings (SSSR count). The molecule has 90 valence electrons. The molecule has 0 saturated carbocycles. The van der Waals surface area contributed by atoms with Crippen LogP contribution in [0.1, 0.15) is 11.3 Å². The maximum absolute atomic E-state index is 8.86. The quantitative estimate of drug-likeness (QED) is 0.849. The second-order valence-corrected chi connectivity index (χ2v) is 4.25.